The summed E-state index contributed by atoms with van der Waals surface area (Å²) in [5.41, 5.74) is 2.61. The lowest BCUT2D eigenvalue weighted by Crippen LogP contribution is -2.15. The average molecular weight is 317 g/mol. The molecule has 0 aliphatic carbocycles. The Morgan fingerprint density at radius 1 is 1.26 bits per heavy atom. The normalized spacial score (nSPS) is 10.3. The standard InChI is InChI=1S/C16H19N3O4/c1-9-13(10(2)23-19-9)8-16(21)18-12-5-6-14(17-11(3)20)15(7-12)22-4/h5-7H,8H2,1-4H3,(H,17,20)(H,18,21). The lowest BCUT2D eigenvalue weighted by molar-refractivity contribution is -0.116. The predicted octanol–water partition coefficient (Wildman–Crippen LogP) is 2.44. The number of nitrogens with one attached hydrogen (secondary N) is 2. The van der Waals surface area contributed by atoms with E-state index in [4.69, 9.17) is 9.26 Å². The molecule has 1 heterocycles. The Morgan fingerprint density at radius 2 is 2.00 bits per heavy atom. The van der Waals surface area contributed by atoms with Crippen molar-refractivity contribution in [2.24, 2.45) is 0 Å². The first-order valence-electron chi connectivity index (χ1n) is 7.08. The van der Waals surface area contributed by atoms with E-state index < -0.39 is 0 Å². The van der Waals surface area contributed by atoms with E-state index in [1.165, 1.54) is 14.0 Å². The van der Waals surface area contributed by atoms with Gasteiger partial charge in [0.05, 0.1) is 24.9 Å². The Labute approximate surface area is 134 Å². The van der Waals surface area contributed by atoms with Crippen molar-refractivity contribution in [1.82, 2.24) is 5.16 Å². The van der Waals surface area contributed by atoms with Crippen LogP contribution >= 0.6 is 0 Å². The van der Waals surface area contributed by atoms with Crippen molar-refractivity contribution >= 4 is 23.2 Å². The predicted molar refractivity (Wildman–Crippen MR) is 85.6 cm³/mol. The van der Waals surface area contributed by atoms with Crippen molar-refractivity contribution in [3.63, 3.8) is 0 Å². The van der Waals surface area contributed by atoms with E-state index in [0.29, 0.717) is 28.6 Å². The molecule has 2 N–H and O–H groups in total. The highest BCUT2D eigenvalue weighted by molar-refractivity contribution is 5.94. The third kappa shape index (κ3) is 4.09. The molecule has 2 aromatic rings. The summed E-state index contributed by atoms with van der Waals surface area (Å²) in [7, 11) is 1.50. The monoisotopic (exact) mass is 317 g/mol. The fourth-order valence-corrected chi connectivity index (χ4v) is 2.18. The molecular formula is C16H19N3O4. The van der Waals surface area contributed by atoms with Gasteiger partial charge in [0.15, 0.2) is 0 Å². The molecule has 0 aliphatic rings. The number of rotatable bonds is 5. The fourth-order valence-electron chi connectivity index (χ4n) is 2.18. The van der Waals surface area contributed by atoms with Crippen molar-refractivity contribution in [2.45, 2.75) is 27.2 Å². The summed E-state index contributed by atoms with van der Waals surface area (Å²) in [6, 6.07) is 5.02. The van der Waals surface area contributed by atoms with Gasteiger partial charge in [0.2, 0.25) is 11.8 Å². The number of carbonyl (C=O) groups excluding carboxylic acids is 2. The quantitative estimate of drug-likeness (QED) is 0.883. The molecular weight excluding hydrogens is 298 g/mol. The molecule has 0 aliphatic heterocycles. The van der Waals surface area contributed by atoms with Gasteiger partial charge < -0.3 is 19.9 Å². The summed E-state index contributed by atoms with van der Waals surface area (Å²) in [5.74, 6) is 0.721. The number of aryl methyl sites for hydroxylation is 2. The van der Waals surface area contributed by atoms with Crippen molar-refractivity contribution < 1.29 is 18.8 Å². The van der Waals surface area contributed by atoms with Crippen LogP contribution in [0.5, 0.6) is 5.75 Å². The zero-order valence-corrected chi connectivity index (χ0v) is 13.5. The first-order chi connectivity index (χ1) is 10.9. The summed E-state index contributed by atoms with van der Waals surface area (Å²) >= 11 is 0. The molecule has 0 spiro atoms. The number of hydrogen-bond donors (Lipinski definition) is 2. The Balaban J connectivity index is 2.10. The number of hydrogen-bond acceptors (Lipinski definition) is 5. The van der Waals surface area contributed by atoms with Crippen LogP contribution in [0.2, 0.25) is 0 Å². The SMILES string of the molecule is COc1cc(NC(=O)Cc2c(C)noc2C)ccc1NC(C)=O. The van der Waals surface area contributed by atoms with E-state index in [-0.39, 0.29) is 18.2 Å². The molecule has 0 fully saturated rings. The number of ether oxygens (including phenoxy) is 1. The maximum Gasteiger partial charge on any atom is 0.229 e. The average Bonchev–Trinajstić information content (AvgIpc) is 2.80. The number of benzene rings is 1. The molecule has 23 heavy (non-hydrogen) atoms. The van der Waals surface area contributed by atoms with Crippen LogP contribution in [0.1, 0.15) is 23.9 Å². The number of anilines is 2. The molecule has 0 atom stereocenters. The van der Waals surface area contributed by atoms with Crippen molar-refractivity contribution in [2.75, 3.05) is 17.7 Å². The van der Waals surface area contributed by atoms with Crippen LogP contribution in [0.4, 0.5) is 11.4 Å². The van der Waals surface area contributed by atoms with Gasteiger partial charge in [0.1, 0.15) is 11.5 Å². The van der Waals surface area contributed by atoms with Crippen LogP contribution in [0.3, 0.4) is 0 Å². The third-order valence-electron chi connectivity index (χ3n) is 3.31. The summed E-state index contributed by atoms with van der Waals surface area (Å²) in [6.07, 6.45) is 0.178. The zero-order valence-electron chi connectivity index (χ0n) is 13.5. The van der Waals surface area contributed by atoms with Gasteiger partial charge >= 0.3 is 0 Å². The van der Waals surface area contributed by atoms with E-state index in [2.05, 4.69) is 15.8 Å². The molecule has 0 bridgehead atoms. The lowest BCUT2D eigenvalue weighted by atomic mass is 10.1. The molecule has 0 radical (unpaired) electrons. The molecule has 2 rings (SSSR count). The molecule has 122 valence electrons. The molecule has 2 amide bonds. The van der Waals surface area contributed by atoms with E-state index in [0.717, 1.165) is 5.56 Å². The lowest BCUT2D eigenvalue weighted by Gasteiger charge is -2.11. The molecule has 1 aromatic heterocycles. The number of aromatic nitrogens is 1. The van der Waals surface area contributed by atoms with Gasteiger partial charge in [0.25, 0.3) is 0 Å². The second-order valence-corrected chi connectivity index (χ2v) is 5.12. The molecule has 7 nitrogen and oxygen atoms in total. The minimum atomic E-state index is -0.196. The minimum Gasteiger partial charge on any atom is -0.494 e. The van der Waals surface area contributed by atoms with Crippen LogP contribution in [-0.2, 0) is 16.0 Å². The number of amides is 2. The Hall–Kier alpha value is -2.83. The first kappa shape index (κ1) is 16.5. The summed E-state index contributed by atoms with van der Waals surface area (Å²) in [4.78, 5) is 23.3. The van der Waals surface area contributed by atoms with Crippen LogP contribution in [0.15, 0.2) is 22.7 Å². The topological polar surface area (TPSA) is 93.5 Å². The highest BCUT2D eigenvalue weighted by atomic mass is 16.5. The van der Waals surface area contributed by atoms with Crippen LogP contribution < -0.4 is 15.4 Å². The zero-order chi connectivity index (χ0) is 17.0. The smallest absolute Gasteiger partial charge is 0.229 e. The van der Waals surface area contributed by atoms with E-state index >= 15 is 0 Å². The number of nitrogens with zero attached hydrogens (tertiary/aromatic N) is 1. The maximum atomic E-state index is 12.2. The highest BCUT2D eigenvalue weighted by Gasteiger charge is 2.14. The number of methoxy groups -OCH3 is 1. The summed E-state index contributed by atoms with van der Waals surface area (Å²) in [6.45, 7) is 4.98. The fraction of sp³-hybridized carbons (Fsp3) is 0.312. The largest absolute Gasteiger partial charge is 0.494 e. The first-order valence-corrected chi connectivity index (χ1v) is 7.08. The van der Waals surface area contributed by atoms with Gasteiger partial charge in [-0.05, 0) is 26.0 Å². The van der Waals surface area contributed by atoms with E-state index in [1.807, 2.05) is 0 Å². The van der Waals surface area contributed by atoms with Crippen LogP contribution in [-0.4, -0.2) is 24.1 Å². The molecule has 0 saturated carbocycles. The van der Waals surface area contributed by atoms with Crippen molar-refractivity contribution in [3.8, 4) is 5.75 Å². The van der Waals surface area contributed by atoms with Gasteiger partial charge in [-0.15, -0.1) is 0 Å². The Morgan fingerprint density at radius 3 is 2.57 bits per heavy atom. The van der Waals surface area contributed by atoms with Crippen molar-refractivity contribution in [1.29, 1.82) is 0 Å². The van der Waals surface area contributed by atoms with E-state index in [1.54, 1.807) is 32.0 Å². The van der Waals surface area contributed by atoms with Gasteiger partial charge in [-0.2, -0.15) is 0 Å². The van der Waals surface area contributed by atoms with E-state index in [9.17, 15) is 9.59 Å². The third-order valence-corrected chi connectivity index (χ3v) is 3.31. The Bertz CT molecular complexity index is 717. The van der Waals surface area contributed by atoms with Crippen LogP contribution in [0.25, 0.3) is 0 Å². The maximum absolute atomic E-state index is 12.2. The van der Waals surface area contributed by atoms with Gasteiger partial charge in [0, 0.05) is 24.2 Å². The highest BCUT2D eigenvalue weighted by Crippen LogP contribution is 2.28. The minimum absolute atomic E-state index is 0.178. The second kappa shape index (κ2) is 6.95. The second-order valence-electron chi connectivity index (χ2n) is 5.12. The summed E-state index contributed by atoms with van der Waals surface area (Å²) in [5, 5.41) is 9.28. The summed E-state index contributed by atoms with van der Waals surface area (Å²) < 4.78 is 10.3. The van der Waals surface area contributed by atoms with Crippen LogP contribution in [0, 0.1) is 13.8 Å². The molecule has 0 unspecified atom stereocenters. The van der Waals surface area contributed by atoms with Gasteiger partial charge in [-0.3, -0.25) is 9.59 Å². The van der Waals surface area contributed by atoms with Gasteiger partial charge in [-0.1, -0.05) is 5.16 Å². The molecule has 7 heteroatoms. The van der Waals surface area contributed by atoms with Gasteiger partial charge in [-0.25, -0.2) is 0 Å². The molecule has 1 aromatic carbocycles. The van der Waals surface area contributed by atoms with Crippen molar-refractivity contribution in [3.05, 3.63) is 35.2 Å². The number of carbonyl (C=O) groups is 2. The molecule has 0 saturated heterocycles. The Kier molecular flexibility index (Phi) is 5.00.